The lowest BCUT2D eigenvalue weighted by atomic mass is 10.2. The minimum Gasteiger partial charge on any atom is -0.420 e. The van der Waals surface area contributed by atoms with Crippen molar-refractivity contribution in [3.8, 4) is 0 Å². The molecule has 0 bridgehead atoms. The molecule has 1 aromatic carbocycles. The van der Waals surface area contributed by atoms with E-state index in [4.69, 9.17) is 4.43 Å². The smallest absolute Gasteiger partial charge is 0.187 e. The first kappa shape index (κ1) is 13.4. The van der Waals surface area contributed by atoms with Gasteiger partial charge in [0.2, 0.25) is 0 Å². The maximum absolute atomic E-state index is 5.56. The third-order valence-corrected chi connectivity index (χ3v) is 5.55. The molecular formula is C13H23NOSi. The second-order valence-electron chi connectivity index (χ2n) is 4.94. The fourth-order valence-electron chi connectivity index (χ4n) is 1.78. The van der Waals surface area contributed by atoms with Crippen molar-refractivity contribution >= 4 is 8.32 Å². The summed E-state index contributed by atoms with van der Waals surface area (Å²) in [6.45, 7) is 7.69. The Hall–Kier alpha value is -0.643. The van der Waals surface area contributed by atoms with Gasteiger partial charge >= 0.3 is 0 Å². The number of nitrogens with one attached hydrogen (secondary N) is 1. The highest BCUT2D eigenvalue weighted by atomic mass is 28.4. The summed E-state index contributed by atoms with van der Waals surface area (Å²) in [5.41, 5.74) is 1.34. The van der Waals surface area contributed by atoms with Crippen molar-refractivity contribution in [1.29, 1.82) is 0 Å². The quantitative estimate of drug-likeness (QED) is 0.768. The first-order chi connectivity index (χ1) is 7.53. The SMILES string of the molecule is CO[Si](C)(C)CC(C)NCc1ccccc1. The molecule has 0 fully saturated rings. The molecule has 0 aliphatic rings. The van der Waals surface area contributed by atoms with Crippen LogP contribution in [0.3, 0.4) is 0 Å². The van der Waals surface area contributed by atoms with Gasteiger partial charge in [0.15, 0.2) is 8.32 Å². The van der Waals surface area contributed by atoms with Crippen LogP contribution in [-0.4, -0.2) is 21.5 Å². The van der Waals surface area contributed by atoms with Gasteiger partial charge in [0, 0.05) is 19.7 Å². The average Bonchev–Trinajstić information content (AvgIpc) is 2.27. The van der Waals surface area contributed by atoms with Gasteiger partial charge in [-0.2, -0.15) is 0 Å². The first-order valence-electron chi connectivity index (χ1n) is 5.86. The lowest BCUT2D eigenvalue weighted by Gasteiger charge is -2.24. The van der Waals surface area contributed by atoms with Gasteiger partial charge in [-0.1, -0.05) is 30.3 Å². The van der Waals surface area contributed by atoms with Crippen LogP contribution < -0.4 is 5.32 Å². The van der Waals surface area contributed by atoms with Crippen molar-refractivity contribution in [2.75, 3.05) is 7.11 Å². The highest BCUT2D eigenvalue weighted by Crippen LogP contribution is 2.12. The number of rotatable bonds is 6. The van der Waals surface area contributed by atoms with Gasteiger partial charge in [0.25, 0.3) is 0 Å². The molecule has 0 radical (unpaired) electrons. The molecule has 90 valence electrons. The van der Waals surface area contributed by atoms with Gasteiger partial charge < -0.3 is 9.74 Å². The minimum absolute atomic E-state index is 0.516. The normalized spacial score (nSPS) is 13.8. The summed E-state index contributed by atoms with van der Waals surface area (Å²) in [6.07, 6.45) is 0. The van der Waals surface area contributed by atoms with Crippen LogP contribution in [-0.2, 0) is 11.0 Å². The van der Waals surface area contributed by atoms with Gasteiger partial charge in [0.1, 0.15) is 0 Å². The second kappa shape index (κ2) is 6.18. The van der Waals surface area contributed by atoms with E-state index in [0.29, 0.717) is 6.04 Å². The van der Waals surface area contributed by atoms with Crippen LogP contribution in [0, 0.1) is 0 Å². The fraction of sp³-hybridized carbons (Fsp3) is 0.538. The second-order valence-corrected chi connectivity index (χ2v) is 9.27. The lowest BCUT2D eigenvalue weighted by Crippen LogP contribution is -2.38. The third kappa shape index (κ3) is 4.92. The van der Waals surface area contributed by atoms with Crippen LogP contribution in [0.2, 0.25) is 19.1 Å². The Balaban J connectivity index is 2.33. The molecule has 1 aromatic rings. The van der Waals surface area contributed by atoms with Gasteiger partial charge in [-0.3, -0.25) is 0 Å². The third-order valence-electron chi connectivity index (χ3n) is 2.85. The molecule has 0 amide bonds. The molecule has 0 aliphatic carbocycles. The number of hydrogen-bond acceptors (Lipinski definition) is 2. The molecule has 0 aromatic heterocycles. The summed E-state index contributed by atoms with van der Waals surface area (Å²) in [5, 5.41) is 3.54. The Morgan fingerprint density at radius 3 is 2.44 bits per heavy atom. The molecule has 1 N–H and O–H groups in total. The highest BCUT2D eigenvalue weighted by molar-refractivity contribution is 6.71. The lowest BCUT2D eigenvalue weighted by molar-refractivity contribution is 0.394. The van der Waals surface area contributed by atoms with E-state index in [9.17, 15) is 0 Å². The predicted molar refractivity (Wildman–Crippen MR) is 72.0 cm³/mol. The molecule has 2 nitrogen and oxygen atoms in total. The molecule has 0 saturated heterocycles. The Morgan fingerprint density at radius 2 is 1.88 bits per heavy atom. The Morgan fingerprint density at radius 1 is 1.25 bits per heavy atom. The van der Waals surface area contributed by atoms with Crippen molar-refractivity contribution in [2.45, 2.75) is 38.6 Å². The van der Waals surface area contributed by atoms with Crippen molar-refractivity contribution in [2.24, 2.45) is 0 Å². The zero-order valence-electron chi connectivity index (χ0n) is 10.8. The van der Waals surface area contributed by atoms with Crippen molar-refractivity contribution in [1.82, 2.24) is 5.32 Å². The maximum atomic E-state index is 5.56. The van der Waals surface area contributed by atoms with E-state index in [0.717, 1.165) is 12.6 Å². The molecule has 1 rings (SSSR count). The van der Waals surface area contributed by atoms with Crippen LogP contribution in [0.4, 0.5) is 0 Å². The van der Waals surface area contributed by atoms with Gasteiger partial charge in [-0.25, -0.2) is 0 Å². The Kier molecular flexibility index (Phi) is 5.18. The van der Waals surface area contributed by atoms with Crippen molar-refractivity contribution in [3.63, 3.8) is 0 Å². The topological polar surface area (TPSA) is 21.3 Å². The van der Waals surface area contributed by atoms with Crippen molar-refractivity contribution < 1.29 is 4.43 Å². The molecule has 16 heavy (non-hydrogen) atoms. The monoisotopic (exact) mass is 237 g/mol. The van der Waals surface area contributed by atoms with Gasteiger partial charge in [-0.15, -0.1) is 0 Å². The standard InChI is InChI=1S/C13H23NOSi/c1-12(11-16(3,4)15-2)14-10-13-8-6-5-7-9-13/h5-9,12,14H,10-11H2,1-4H3. The summed E-state index contributed by atoms with van der Waals surface area (Å²) in [4.78, 5) is 0. The van der Waals surface area contributed by atoms with Crippen LogP contribution in [0.1, 0.15) is 12.5 Å². The number of benzene rings is 1. The molecule has 0 aliphatic heterocycles. The average molecular weight is 237 g/mol. The minimum atomic E-state index is -1.44. The van der Waals surface area contributed by atoms with E-state index < -0.39 is 8.32 Å². The zero-order valence-corrected chi connectivity index (χ0v) is 11.8. The molecule has 0 heterocycles. The van der Waals surface area contributed by atoms with Crippen LogP contribution in [0.15, 0.2) is 30.3 Å². The fourth-order valence-corrected chi connectivity index (χ4v) is 3.57. The summed E-state index contributed by atoms with van der Waals surface area (Å²) in [5.74, 6) is 0. The van der Waals surface area contributed by atoms with Crippen LogP contribution in [0.25, 0.3) is 0 Å². The number of hydrogen-bond donors (Lipinski definition) is 1. The van der Waals surface area contributed by atoms with E-state index in [-0.39, 0.29) is 0 Å². The van der Waals surface area contributed by atoms with Crippen LogP contribution in [0.5, 0.6) is 0 Å². The van der Waals surface area contributed by atoms with E-state index in [1.807, 2.05) is 13.2 Å². The van der Waals surface area contributed by atoms with E-state index in [1.54, 1.807) is 0 Å². The van der Waals surface area contributed by atoms with E-state index >= 15 is 0 Å². The zero-order chi connectivity index (χ0) is 12.0. The Bertz CT molecular complexity index is 300. The summed E-state index contributed by atoms with van der Waals surface area (Å²) in [7, 11) is 0.388. The molecule has 3 heteroatoms. The van der Waals surface area contributed by atoms with Gasteiger partial charge in [-0.05, 0) is 31.6 Å². The van der Waals surface area contributed by atoms with E-state index in [1.165, 1.54) is 5.56 Å². The largest absolute Gasteiger partial charge is 0.420 e. The molecule has 1 atom stereocenters. The van der Waals surface area contributed by atoms with Gasteiger partial charge in [0.05, 0.1) is 0 Å². The summed E-state index contributed by atoms with van der Waals surface area (Å²) >= 11 is 0. The summed E-state index contributed by atoms with van der Waals surface area (Å²) < 4.78 is 5.56. The Labute approximate surface area is 100 Å². The molecular weight excluding hydrogens is 214 g/mol. The van der Waals surface area contributed by atoms with Crippen LogP contribution >= 0.6 is 0 Å². The molecule has 0 saturated carbocycles. The summed E-state index contributed by atoms with van der Waals surface area (Å²) in [6, 6.07) is 12.2. The first-order valence-corrected chi connectivity index (χ1v) is 8.97. The highest BCUT2D eigenvalue weighted by Gasteiger charge is 2.23. The van der Waals surface area contributed by atoms with E-state index in [2.05, 4.69) is 49.6 Å². The van der Waals surface area contributed by atoms with Crippen molar-refractivity contribution in [3.05, 3.63) is 35.9 Å². The maximum Gasteiger partial charge on any atom is 0.187 e. The molecule has 1 unspecified atom stereocenters. The molecule has 0 spiro atoms. The predicted octanol–water partition coefficient (Wildman–Crippen LogP) is 3.02.